The maximum absolute atomic E-state index is 11.2. The third-order valence-corrected chi connectivity index (χ3v) is 4.28. The molecule has 2 heterocycles. The van der Waals surface area contributed by atoms with Gasteiger partial charge in [0.25, 0.3) is 0 Å². The van der Waals surface area contributed by atoms with Crippen LogP contribution in [0.2, 0.25) is 0 Å². The zero-order chi connectivity index (χ0) is 14.5. The normalized spacial score (nSPS) is 20.4. The lowest BCUT2D eigenvalue weighted by molar-refractivity contribution is -0.145. The highest BCUT2D eigenvalue weighted by Gasteiger charge is 2.29. The van der Waals surface area contributed by atoms with Crippen molar-refractivity contribution in [3.8, 4) is 11.8 Å². The zero-order valence-corrected chi connectivity index (χ0v) is 12.2. The number of aliphatic carboxylic acids is 1. The van der Waals surface area contributed by atoms with Crippen molar-refractivity contribution in [3.63, 3.8) is 0 Å². The lowest BCUT2D eigenvalue weighted by Gasteiger charge is -2.36. The van der Waals surface area contributed by atoms with Crippen molar-refractivity contribution in [1.29, 1.82) is 0 Å². The minimum Gasteiger partial charge on any atom is -0.480 e. The molecule has 2 N–H and O–H groups in total. The first kappa shape index (κ1) is 15.0. The van der Waals surface area contributed by atoms with E-state index in [1.165, 1.54) is 4.88 Å². The topological polar surface area (TPSA) is 64.0 Å². The molecule has 1 aromatic heterocycles. The molecule has 1 aliphatic heterocycles. The molecule has 0 unspecified atom stereocenters. The third kappa shape index (κ3) is 3.81. The van der Waals surface area contributed by atoms with E-state index in [0.717, 1.165) is 25.2 Å². The van der Waals surface area contributed by atoms with Crippen LogP contribution < -0.4 is 0 Å². The molecule has 0 amide bonds. The second-order valence-electron chi connectivity index (χ2n) is 4.83. The van der Waals surface area contributed by atoms with Gasteiger partial charge < -0.3 is 10.2 Å². The number of likely N-dealkylation sites (N-methyl/N-ethyl adjacent to an activating group) is 1. The quantitative estimate of drug-likeness (QED) is 0.785. The fraction of sp³-hybridized carbons (Fsp3) is 0.500. The van der Waals surface area contributed by atoms with Crippen molar-refractivity contribution in [2.75, 3.05) is 33.3 Å². The van der Waals surface area contributed by atoms with Gasteiger partial charge in [0.2, 0.25) is 0 Å². The molecule has 2 rings (SSSR count). The standard InChI is InChI=1S/C14H18N2O3S/c1-15-4-5-16(9-13(15)14(18)19)8-12-7-11(10-20-12)3-2-6-17/h7,10,13,17H,4-6,8-9H2,1H3,(H,18,19)/t13-/m1/s1. The summed E-state index contributed by atoms with van der Waals surface area (Å²) < 4.78 is 0. The minimum atomic E-state index is -0.766. The predicted molar refractivity (Wildman–Crippen MR) is 77.6 cm³/mol. The summed E-state index contributed by atoms with van der Waals surface area (Å²) in [6.45, 7) is 2.80. The van der Waals surface area contributed by atoms with Crippen LogP contribution in [-0.2, 0) is 11.3 Å². The average molecular weight is 294 g/mol. The Balaban J connectivity index is 1.96. The van der Waals surface area contributed by atoms with Gasteiger partial charge in [0, 0.05) is 42.0 Å². The summed E-state index contributed by atoms with van der Waals surface area (Å²) in [5.74, 6) is 4.73. The molecule has 0 bridgehead atoms. The highest BCUT2D eigenvalue weighted by molar-refractivity contribution is 7.10. The van der Waals surface area contributed by atoms with Crippen LogP contribution in [0.4, 0.5) is 0 Å². The van der Waals surface area contributed by atoms with Crippen LogP contribution in [-0.4, -0.2) is 65.3 Å². The molecular weight excluding hydrogens is 276 g/mol. The Morgan fingerprint density at radius 3 is 3.05 bits per heavy atom. The van der Waals surface area contributed by atoms with E-state index in [1.54, 1.807) is 11.3 Å². The van der Waals surface area contributed by atoms with Crippen LogP contribution in [0.15, 0.2) is 11.4 Å². The first-order valence-corrected chi connectivity index (χ1v) is 7.30. The second-order valence-corrected chi connectivity index (χ2v) is 5.83. The van der Waals surface area contributed by atoms with Gasteiger partial charge in [-0.15, -0.1) is 11.3 Å². The van der Waals surface area contributed by atoms with E-state index < -0.39 is 12.0 Å². The lowest BCUT2D eigenvalue weighted by atomic mass is 10.2. The van der Waals surface area contributed by atoms with Crippen molar-refractivity contribution in [3.05, 3.63) is 21.9 Å². The summed E-state index contributed by atoms with van der Waals surface area (Å²) in [6, 6.07) is 1.57. The van der Waals surface area contributed by atoms with Crippen molar-refractivity contribution in [2.24, 2.45) is 0 Å². The molecule has 0 saturated carbocycles. The fourth-order valence-corrected chi connectivity index (χ4v) is 3.09. The number of rotatable bonds is 3. The summed E-state index contributed by atoms with van der Waals surface area (Å²) in [4.78, 5) is 16.4. The summed E-state index contributed by atoms with van der Waals surface area (Å²) in [6.07, 6.45) is 0. The Labute approximate surface area is 122 Å². The molecule has 1 aromatic rings. The highest BCUT2D eigenvalue weighted by atomic mass is 32.1. The van der Waals surface area contributed by atoms with Gasteiger partial charge in [0.1, 0.15) is 12.6 Å². The van der Waals surface area contributed by atoms with Crippen LogP contribution in [0.25, 0.3) is 0 Å². The van der Waals surface area contributed by atoms with Gasteiger partial charge in [-0.25, -0.2) is 0 Å². The van der Waals surface area contributed by atoms with Gasteiger partial charge in [-0.05, 0) is 13.1 Å². The molecule has 1 fully saturated rings. The molecule has 0 spiro atoms. The van der Waals surface area contributed by atoms with Gasteiger partial charge in [-0.1, -0.05) is 11.8 Å². The van der Waals surface area contributed by atoms with Gasteiger partial charge in [-0.2, -0.15) is 0 Å². The molecule has 1 atom stereocenters. The van der Waals surface area contributed by atoms with Crippen molar-refractivity contribution in [1.82, 2.24) is 9.80 Å². The maximum atomic E-state index is 11.2. The van der Waals surface area contributed by atoms with Crippen LogP contribution in [0, 0.1) is 11.8 Å². The molecule has 6 heteroatoms. The smallest absolute Gasteiger partial charge is 0.322 e. The lowest BCUT2D eigenvalue weighted by Crippen LogP contribution is -2.54. The Morgan fingerprint density at radius 2 is 2.35 bits per heavy atom. The van der Waals surface area contributed by atoms with E-state index in [9.17, 15) is 9.90 Å². The first-order chi connectivity index (χ1) is 9.60. The number of nitrogens with zero attached hydrogens (tertiary/aromatic N) is 2. The van der Waals surface area contributed by atoms with Gasteiger partial charge in [-0.3, -0.25) is 14.6 Å². The fourth-order valence-electron chi connectivity index (χ4n) is 2.23. The number of hydrogen-bond donors (Lipinski definition) is 2. The van der Waals surface area contributed by atoms with E-state index in [1.807, 2.05) is 23.4 Å². The number of aliphatic hydroxyl groups is 1. The van der Waals surface area contributed by atoms with E-state index in [0.29, 0.717) is 6.54 Å². The Bertz CT molecular complexity index is 532. The van der Waals surface area contributed by atoms with Crippen molar-refractivity contribution >= 4 is 17.3 Å². The molecule has 0 aromatic carbocycles. The number of thiophene rings is 1. The van der Waals surface area contributed by atoms with E-state index in [-0.39, 0.29) is 6.61 Å². The molecular formula is C14H18N2O3S. The number of aliphatic hydroxyl groups excluding tert-OH is 1. The van der Waals surface area contributed by atoms with Crippen molar-refractivity contribution < 1.29 is 15.0 Å². The van der Waals surface area contributed by atoms with Crippen LogP contribution in [0.5, 0.6) is 0 Å². The number of carbonyl (C=O) groups is 1. The molecule has 0 radical (unpaired) electrons. The number of carboxylic acids is 1. The summed E-state index contributed by atoms with van der Waals surface area (Å²) in [5, 5.41) is 19.8. The first-order valence-electron chi connectivity index (χ1n) is 6.42. The number of piperazine rings is 1. The molecule has 0 aliphatic carbocycles. The monoisotopic (exact) mass is 294 g/mol. The average Bonchev–Trinajstić information content (AvgIpc) is 2.86. The van der Waals surface area contributed by atoms with Gasteiger partial charge >= 0.3 is 5.97 Å². The van der Waals surface area contributed by atoms with E-state index in [4.69, 9.17) is 5.11 Å². The Hall–Kier alpha value is -1.39. The predicted octanol–water partition coefficient (Wildman–Crippen LogP) is 0.292. The number of hydrogen-bond acceptors (Lipinski definition) is 5. The largest absolute Gasteiger partial charge is 0.480 e. The van der Waals surface area contributed by atoms with Gasteiger partial charge in [0.15, 0.2) is 0 Å². The third-order valence-electron chi connectivity index (χ3n) is 3.36. The molecule has 1 aliphatic rings. The zero-order valence-electron chi connectivity index (χ0n) is 11.4. The second kappa shape index (κ2) is 6.86. The summed E-state index contributed by atoms with van der Waals surface area (Å²) >= 11 is 1.62. The number of carboxylic acid groups (broad SMARTS) is 1. The van der Waals surface area contributed by atoms with Crippen LogP contribution >= 0.6 is 11.3 Å². The van der Waals surface area contributed by atoms with Crippen LogP contribution in [0.1, 0.15) is 10.4 Å². The Morgan fingerprint density at radius 1 is 1.55 bits per heavy atom. The van der Waals surface area contributed by atoms with Gasteiger partial charge in [0.05, 0.1) is 0 Å². The maximum Gasteiger partial charge on any atom is 0.322 e. The SMILES string of the molecule is CN1CCN(Cc2cc(C#CCO)cs2)C[C@@H]1C(=O)O. The van der Waals surface area contributed by atoms with Crippen molar-refractivity contribution in [2.45, 2.75) is 12.6 Å². The highest BCUT2D eigenvalue weighted by Crippen LogP contribution is 2.18. The summed E-state index contributed by atoms with van der Waals surface area (Å²) in [7, 11) is 1.85. The molecule has 1 saturated heterocycles. The Kier molecular flexibility index (Phi) is 5.15. The van der Waals surface area contributed by atoms with Crippen LogP contribution in [0.3, 0.4) is 0 Å². The summed E-state index contributed by atoms with van der Waals surface area (Å²) in [5.41, 5.74) is 0.906. The molecule has 108 valence electrons. The minimum absolute atomic E-state index is 0.135. The van der Waals surface area contributed by atoms with E-state index >= 15 is 0 Å². The molecule has 20 heavy (non-hydrogen) atoms. The molecule has 5 nitrogen and oxygen atoms in total. The van der Waals surface area contributed by atoms with E-state index in [2.05, 4.69) is 16.7 Å².